The zero-order valence-corrected chi connectivity index (χ0v) is 11.7. The number of hydrogen-bond donors (Lipinski definition) is 3. The third-order valence-electron chi connectivity index (χ3n) is 3.17. The van der Waals surface area contributed by atoms with Crippen molar-refractivity contribution in [2.75, 3.05) is 35.8 Å². The lowest BCUT2D eigenvalue weighted by molar-refractivity contribution is 0.489. The number of piperazine rings is 1. The second kappa shape index (κ2) is 5.77. The van der Waals surface area contributed by atoms with Gasteiger partial charge in [-0.05, 0) is 24.1 Å². The first kappa shape index (κ1) is 14.1. The molecule has 0 spiro atoms. The van der Waals surface area contributed by atoms with Crippen molar-refractivity contribution in [3.8, 4) is 0 Å². The fourth-order valence-corrected chi connectivity index (χ4v) is 2.65. The lowest BCUT2D eigenvalue weighted by atomic mass is 10.1. The Morgan fingerprint density at radius 2 is 2.05 bits per heavy atom. The van der Waals surface area contributed by atoms with E-state index in [1.165, 1.54) is 0 Å². The Bertz CT molecular complexity index is 539. The number of rotatable bonds is 4. The second-order valence-electron chi connectivity index (χ2n) is 4.52. The van der Waals surface area contributed by atoms with Crippen molar-refractivity contribution < 1.29 is 13.0 Å². The SMILES string of the molecule is CCc1ccc(N2CCNCC2)c(NS(=O)(=O)O)c1. The van der Waals surface area contributed by atoms with Crippen LogP contribution in [0.15, 0.2) is 18.2 Å². The molecule has 1 fully saturated rings. The summed E-state index contributed by atoms with van der Waals surface area (Å²) in [5.41, 5.74) is 2.25. The number of hydrogen-bond acceptors (Lipinski definition) is 4. The molecule has 0 aliphatic carbocycles. The lowest BCUT2D eigenvalue weighted by Crippen LogP contribution is -2.43. The molecule has 1 saturated heterocycles. The topological polar surface area (TPSA) is 81.7 Å². The third kappa shape index (κ3) is 3.82. The monoisotopic (exact) mass is 285 g/mol. The highest BCUT2D eigenvalue weighted by Gasteiger charge is 2.17. The molecule has 7 heteroatoms. The Kier molecular flexibility index (Phi) is 4.28. The van der Waals surface area contributed by atoms with E-state index in [9.17, 15) is 8.42 Å². The predicted octanol–water partition coefficient (Wildman–Crippen LogP) is 0.873. The van der Waals surface area contributed by atoms with E-state index in [-0.39, 0.29) is 0 Å². The molecular weight excluding hydrogens is 266 g/mol. The summed E-state index contributed by atoms with van der Waals surface area (Å²) >= 11 is 0. The van der Waals surface area contributed by atoms with Gasteiger partial charge in [-0.1, -0.05) is 13.0 Å². The molecule has 1 heterocycles. The van der Waals surface area contributed by atoms with Crippen molar-refractivity contribution in [3.05, 3.63) is 23.8 Å². The van der Waals surface area contributed by atoms with Gasteiger partial charge in [0.2, 0.25) is 0 Å². The van der Waals surface area contributed by atoms with Crippen LogP contribution in [0, 0.1) is 0 Å². The van der Waals surface area contributed by atoms with Gasteiger partial charge < -0.3 is 10.2 Å². The van der Waals surface area contributed by atoms with Crippen LogP contribution in [-0.4, -0.2) is 39.1 Å². The van der Waals surface area contributed by atoms with Crippen LogP contribution in [0.2, 0.25) is 0 Å². The van der Waals surface area contributed by atoms with Crippen LogP contribution in [-0.2, 0) is 16.7 Å². The number of nitrogens with one attached hydrogen (secondary N) is 2. The summed E-state index contributed by atoms with van der Waals surface area (Å²) < 4.78 is 33.3. The van der Waals surface area contributed by atoms with Crippen LogP contribution in [0.4, 0.5) is 11.4 Å². The average Bonchev–Trinajstić information content (AvgIpc) is 2.38. The van der Waals surface area contributed by atoms with Crippen LogP contribution in [0.5, 0.6) is 0 Å². The average molecular weight is 285 g/mol. The summed E-state index contributed by atoms with van der Waals surface area (Å²) in [6.07, 6.45) is 0.808. The van der Waals surface area contributed by atoms with Gasteiger partial charge in [-0.3, -0.25) is 9.27 Å². The molecule has 0 unspecified atom stereocenters. The molecule has 0 radical (unpaired) electrons. The van der Waals surface area contributed by atoms with Gasteiger partial charge in [0.1, 0.15) is 0 Å². The highest BCUT2D eigenvalue weighted by molar-refractivity contribution is 7.87. The molecule has 1 aliphatic heterocycles. The smallest absolute Gasteiger partial charge is 0.357 e. The minimum atomic E-state index is -4.26. The molecule has 0 saturated carbocycles. The Morgan fingerprint density at radius 3 is 2.63 bits per heavy atom. The van der Waals surface area contributed by atoms with Crippen LogP contribution >= 0.6 is 0 Å². The molecule has 0 atom stereocenters. The zero-order valence-electron chi connectivity index (χ0n) is 10.9. The standard InChI is InChI=1S/C12H19N3O3S/c1-2-10-3-4-12(15-7-5-13-6-8-15)11(9-10)14-19(16,17)18/h3-4,9,13-14H,2,5-8H2,1H3,(H,16,17,18). The molecular formula is C12H19N3O3S. The molecule has 106 valence electrons. The maximum Gasteiger partial charge on any atom is 0.357 e. The Labute approximate surface area is 113 Å². The molecule has 19 heavy (non-hydrogen) atoms. The number of anilines is 2. The summed E-state index contributed by atoms with van der Waals surface area (Å²) in [7, 11) is -4.26. The maximum atomic E-state index is 11.0. The van der Waals surface area contributed by atoms with E-state index in [4.69, 9.17) is 4.55 Å². The minimum absolute atomic E-state index is 0.434. The van der Waals surface area contributed by atoms with E-state index in [2.05, 4.69) is 14.9 Å². The van der Waals surface area contributed by atoms with Gasteiger partial charge in [0, 0.05) is 26.2 Å². The minimum Gasteiger partial charge on any atom is -0.367 e. The van der Waals surface area contributed by atoms with Gasteiger partial charge in [-0.15, -0.1) is 0 Å². The van der Waals surface area contributed by atoms with Gasteiger partial charge in [0.15, 0.2) is 0 Å². The van der Waals surface area contributed by atoms with Crippen molar-refractivity contribution in [2.45, 2.75) is 13.3 Å². The molecule has 3 N–H and O–H groups in total. The fraction of sp³-hybridized carbons (Fsp3) is 0.500. The molecule has 0 amide bonds. The third-order valence-corrected chi connectivity index (χ3v) is 3.64. The zero-order chi connectivity index (χ0) is 13.9. The Morgan fingerprint density at radius 1 is 1.37 bits per heavy atom. The summed E-state index contributed by atoms with van der Waals surface area (Å²) in [5, 5.41) is 3.25. The normalized spacial score (nSPS) is 16.4. The molecule has 1 aliphatic rings. The van der Waals surface area contributed by atoms with E-state index in [0.717, 1.165) is 43.9 Å². The van der Waals surface area contributed by atoms with E-state index in [1.54, 1.807) is 6.07 Å². The first-order chi connectivity index (χ1) is 8.99. The first-order valence-electron chi connectivity index (χ1n) is 6.33. The van der Waals surface area contributed by atoms with Gasteiger partial charge in [-0.2, -0.15) is 8.42 Å². The fourth-order valence-electron chi connectivity index (χ4n) is 2.21. The predicted molar refractivity (Wildman–Crippen MR) is 76.1 cm³/mol. The highest BCUT2D eigenvalue weighted by Crippen LogP contribution is 2.28. The van der Waals surface area contributed by atoms with Crippen molar-refractivity contribution in [1.29, 1.82) is 0 Å². The van der Waals surface area contributed by atoms with E-state index in [0.29, 0.717) is 5.69 Å². The molecule has 1 aromatic carbocycles. The van der Waals surface area contributed by atoms with Crippen molar-refractivity contribution in [3.63, 3.8) is 0 Å². The summed E-state index contributed by atoms with van der Waals surface area (Å²) in [6, 6.07) is 5.65. The molecule has 2 rings (SSSR count). The van der Waals surface area contributed by atoms with E-state index < -0.39 is 10.3 Å². The van der Waals surface area contributed by atoms with Crippen molar-refractivity contribution >= 4 is 21.7 Å². The number of benzene rings is 1. The van der Waals surface area contributed by atoms with Crippen LogP contribution in [0.3, 0.4) is 0 Å². The second-order valence-corrected chi connectivity index (χ2v) is 5.67. The molecule has 6 nitrogen and oxygen atoms in total. The van der Waals surface area contributed by atoms with Gasteiger partial charge in [-0.25, -0.2) is 0 Å². The van der Waals surface area contributed by atoms with E-state index >= 15 is 0 Å². The largest absolute Gasteiger partial charge is 0.367 e. The molecule has 0 bridgehead atoms. The summed E-state index contributed by atoms with van der Waals surface area (Å²) in [5.74, 6) is 0. The van der Waals surface area contributed by atoms with Gasteiger partial charge >= 0.3 is 10.3 Å². The lowest BCUT2D eigenvalue weighted by Gasteiger charge is -2.31. The van der Waals surface area contributed by atoms with Crippen LogP contribution in [0.25, 0.3) is 0 Å². The molecule has 0 aromatic heterocycles. The number of nitrogens with zero attached hydrogens (tertiary/aromatic N) is 1. The van der Waals surface area contributed by atoms with Crippen LogP contribution < -0.4 is 14.9 Å². The van der Waals surface area contributed by atoms with Crippen molar-refractivity contribution in [2.24, 2.45) is 0 Å². The summed E-state index contributed by atoms with van der Waals surface area (Å²) in [6.45, 7) is 5.34. The van der Waals surface area contributed by atoms with Crippen molar-refractivity contribution in [1.82, 2.24) is 5.32 Å². The Balaban J connectivity index is 2.34. The van der Waals surface area contributed by atoms with Crippen LogP contribution in [0.1, 0.15) is 12.5 Å². The maximum absolute atomic E-state index is 11.0. The van der Waals surface area contributed by atoms with E-state index in [1.807, 2.05) is 19.1 Å². The first-order valence-corrected chi connectivity index (χ1v) is 7.77. The summed E-state index contributed by atoms with van der Waals surface area (Å²) in [4.78, 5) is 2.10. The van der Waals surface area contributed by atoms with Gasteiger partial charge in [0.25, 0.3) is 0 Å². The van der Waals surface area contributed by atoms with Gasteiger partial charge in [0.05, 0.1) is 11.4 Å². The Hall–Kier alpha value is -1.31. The quantitative estimate of drug-likeness (QED) is 0.715. The highest BCUT2D eigenvalue weighted by atomic mass is 32.2. The molecule has 1 aromatic rings. The number of aryl methyl sites for hydroxylation is 1.